The average molecular weight is 298 g/mol. The van der Waals surface area contributed by atoms with Crippen LogP contribution in [-0.4, -0.2) is 17.3 Å². The lowest BCUT2D eigenvalue weighted by molar-refractivity contribution is 0.116. The Labute approximate surface area is 112 Å². The van der Waals surface area contributed by atoms with Crippen molar-refractivity contribution in [1.29, 1.82) is 0 Å². The number of hydrogen-bond acceptors (Lipinski definition) is 2. The zero-order valence-corrected chi connectivity index (χ0v) is 12.0. The van der Waals surface area contributed by atoms with E-state index >= 15 is 0 Å². The van der Waals surface area contributed by atoms with Crippen LogP contribution in [0.1, 0.15) is 36.8 Å². The molecule has 17 heavy (non-hydrogen) atoms. The van der Waals surface area contributed by atoms with Crippen LogP contribution in [0.2, 0.25) is 0 Å². The van der Waals surface area contributed by atoms with E-state index in [9.17, 15) is 5.11 Å². The Bertz CT molecular complexity index is 382. The standard InChI is InChI=1S/C14H20BrNO/c1-9-7-11(15)8-10(2)14(9)16-12-5-3-4-6-13(12)17/h7-8,12-13,16-17H,3-6H2,1-2H3. The number of halogens is 1. The molecule has 1 fully saturated rings. The fourth-order valence-electron chi connectivity index (χ4n) is 2.60. The van der Waals surface area contributed by atoms with Gasteiger partial charge in [-0.1, -0.05) is 28.8 Å². The van der Waals surface area contributed by atoms with Crippen LogP contribution in [0, 0.1) is 13.8 Å². The highest BCUT2D eigenvalue weighted by Gasteiger charge is 2.23. The van der Waals surface area contributed by atoms with Crippen molar-refractivity contribution in [3.05, 3.63) is 27.7 Å². The minimum atomic E-state index is -0.203. The van der Waals surface area contributed by atoms with Crippen LogP contribution in [0.5, 0.6) is 0 Å². The Hall–Kier alpha value is -0.540. The number of anilines is 1. The fraction of sp³-hybridized carbons (Fsp3) is 0.571. The molecule has 1 aliphatic carbocycles. The molecule has 2 nitrogen and oxygen atoms in total. The van der Waals surface area contributed by atoms with Gasteiger partial charge in [-0.3, -0.25) is 0 Å². The van der Waals surface area contributed by atoms with Gasteiger partial charge in [-0.25, -0.2) is 0 Å². The SMILES string of the molecule is Cc1cc(Br)cc(C)c1NC1CCCCC1O. The molecule has 1 saturated carbocycles. The molecule has 0 amide bonds. The van der Waals surface area contributed by atoms with E-state index in [4.69, 9.17) is 0 Å². The van der Waals surface area contributed by atoms with Gasteiger partial charge in [0.15, 0.2) is 0 Å². The number of aliphatic hydroxyl groups is 1. The van der Waals surface area contributed by atoms with E-state index in [-0.39, 0.29) is 12.1 Å². The predicted molar refractivity (Wildman–Crippen MR) is 75.5 cm³/mol. The van der Waals surface area contributed by atoms with Crippen LogP contribution in [0.25, 0.3) is 0 Å². The molecule has 94 valence electrons. The topological polar surface area (TPSA) is 32.3 Å². The van der Waals surface area contributed by atoms with Crippen LogP contribution < -0.4 is 5.32 Å². The maximum atomic E-state index is 9.99. The lowest BCUT2D eigenvalue weighted by Gasteiger charge is -2.30. The molecule has 1 aromatic rings. The van der Waals surface area contributed by atoms with Crippen molar-refractivity contribution in [2.24, 2.45) is 0 Å². The summed E-state index contributed by atoms with van der Waals surface area (Å²) in [5, 5.41) is 13.5. The first-order valence-corrected chi connectivity index (χ1v) is 7.08. The summed E-state index contributed by atoms with van der Waals surface area (Å²) in [6, 6.07) is 4.44. The largest absolute Gasteiger partial charge is 0.391 e. The Morgan fingerprint density at radius 1 is 1.18 bits per heavy atom. The van der Waals surface area contributed by atoms with E-state index < -0.39 is 0 Å². The molecule has 0 heterocycles. The molecular formula is C14H20BrNO. The van der Waals surface area contributed by atoms with Crippen molar-refractivity contribution in [2.45, 2.75) is 51.7 Å². The smallest absolute Gasteiger partial charge is 0.0741 e. The van der Waals surface area contributed by atoms with Gasteiger partial charge in [0, 0.05) is 10.2 Å². The Morgan fingerprint density at radius 2 is 1.76 bits per heavy atom. The van der Waals surface area contributed by atoms with Crippen molar-refractivity contribution in [3.63, 3.8) is 0 Å². The Kier molecular flexibility index (Phi) is 4.10. The van der Waals surface area contributed by atoms with Crippen LogP contribution in [-0.2, 0) is 0 Å². The quantitative estimate of drug-likeness (QED) is 0.871. The minimum absolute atomic E-state index is 0.203. The second-order valence-electron chi connectivity index (χ2n) is 5.02. The van der Waals surface area contributed by atoms with E-state index in [2.05, 4.69) is 47.2 Å². The molecular weight excluding hydrogens is 278 g/mol. The van der Waals surface area contributed by atoms with E-state index in [1.165, 1.54) is 23.2 Å². The summed E-state index contributed by atoms with van der Waals surface area (Å²) in [5.41, 5.74) is 3.64. The van der Waals surface area contributed by atoms with Crippen LogP contribution in [0.15, 0.2) is 16.6 Å². The first kappa shape index (κ1) is 12.9. The lowest BCUT2D eigenvalue weighted by Crippen LogP contribution is -2.36. The average Bonchev–Trinajstić information content (AvgIpc) is 2.25. The Balaban J connectivity index is 2.17. The summed E-state index contributed by atoms with van der Waals surface area (Å²) < 4.78 is 1.11. The number of rotatable bonds is 2. The highest BCUT2D eigenvalue weighted by Crippen LogP contribution is 2.28. The van der Waals surface area contributed by atoms with Crippen molar-refractivity contribution >= 4 is 21.6 Å². The molecule has 2 N–H and O–H groups in total. The van der Waals surface area contributed by atoms with Gasteiger partial charge in [0.25, 0.3) is 0 Å². The van der Waals surface area contributed by atoms with Crippen molar-refractivity contribution < 1.29 is 5.11 Å². The summed E-state index contributed by atoms with van der Waals surface area (Å²) in [7, 11) is 0. The molecule has 0 radical (unpaired) electrons. The summed E-state index contributed by atoms with van der Waals surface area (Å²) in [6.07, 6.45) is 4.15. The van der Waals surface area contributed by atoms with E-state index in [0.29, 0.717) is 0 Å². The second kappa shape index (κ2) is 5.40. The minimum Gasteiger partial charge on any atom is -0.391 e. The van der Waals surface area contributed by atoms with Gasteiger partial charge in [-0.2, -0.15) is 0 Å². The monoisotopic (exact) mass is 297 g/mol. The van der Waals surface area contributed by atoms with Gasteiger partial charge in [-0.15, -0.1) is 0 Å². The number of aryl methyl sites for hydroxylation is 2. The third-order valence-corrected chi connectivity index (χ3v) is 4.01. The van der Waals surface area contributed by atoms with Crippen LogP contribution in [0.4, 0.5) is 5.69 Å². The van der Waals surface area contributed by atoms with Crippen molar-refractivity contribution in [2.75, 3.05) is 5.32 Å². The normalized spacial score (nSPS) is 24.7. The number of nitrogens with one attached hydrogen (secondary N) is 1. The zero-order valence-electron chi connectivity index (χ0n) is 10.5. The molecule has 1 aromatic carbocycles. The number of benzene rings is 1. The highest BCUT2D eigenvalue weighted by molar-refractivity contribution is 9.10. The predicted octanol–water partition coefficient (Wildman–Crippen LogP) is 3.78. The first-order chi connectivity index (χ1) is 8.08. The highest BCUT2D eigenvalue weighted by atomic mass is 79.9. The molecule has 0 aliphatic heterocycles. The van der Waals surface area contributed by atoms with Crippen molar-refractivity contribution in [1.82, 2.24) is 0 Å². The summed E-state index contributed by atoms with van der Waals surface area (Å²) >= 11 is 3.51. The van der Waals surface area contributed by atoms with Gasteiger partial charge in [0.1, 0.15) is 0 Å². The van der Waals surface area contributed by atoms with Crippen LogP contribution >= 0.6 is 15.9 Å². The van der Waals surface area contributed by atoms with Gasteiger partial charge < -0.3 is 10.4 Å². The maximum absolute atomic E-state index is 9.99. The van der Waals surface area contributed by atoms with Gasteiger partial charge >= 0.3 is 0 Å². The fourth-order valence-corrected chi connectivity index (χ4v) is 3.29. The van der Waals surface area contributed by atoms with Crippen LogP contribution in [0.3, 0.4) is 0 Å². The van der Waals surface area contributed by atoms with E-state index in [1.54, 1.807) is 0 Å². The molecule has 2 rings (SSSR count). The van der Waals surface area contributed by atoms with Gasteiger partial charge in [-0.05, 0) is 49.9 Å². The summed E-state index contributed by atoms with van der Waals surface area (Å²) in [6.45, 7) is 4.21. The molecule has 0 bridgehead atoms. The summed E-state index contributed by atoms with van der Waals surface area (Å²) in [5.74, 6) is 0. The third kappa shape index (κ3) is 3.02. The maximum Gasteiger partial charge on any atom is 0.0741 e. The third-order valence-electron chi connectivity index (χ3n) is 3.56. The molecule has 0 spiro atoms. The number of aliphatic hydroxyl groups excluding tert-OH is 1. The molecule has 2 atom stereocenters. The lowest BCUT2D eigenvalue weighted by atomic mass is 9.92. The molecule has 0 aromatic heterocycles. The second-order valence-corrected chi connectivity index (χ2v) is 5.93. The van der Waals surface area contributed by atoms with E-state index in [0.717, 1.165) is 23.7 Å². The van der Waals surface area contributed by atoms with Gasteiger partial charge in [0.05, 0.1) is 12.1 Å². The van der Waals surface area contributed by atoms with Crippen molar-refractivity contribution in [3.8, 4) is 0 Å². The van der Waals surface area contributed by atoms with Gasteiger partial charge in [0.2, 0.25) is 0 Å². The first-order valence-electron chi connectivity index (χ1n) is 6.29. The zero-order chi connectivity index (χ0) is 12.4. The summed E-state index contributed by atoms with van der Waals surface area (Å²) in [4.78, 5) is 0. The van der Waals surface area contributed by atoms with E-state index in [1.807, 2.05) is 0 Å². The molecule has 3 heteroatoms. The number of hydrogen-bond donors (Lipinski definition) is 2. The molecule has 0 saturated heterocycles. The molecule has 2 unspecified atom stereocenters. The Morgan fingerprint density at radius 3 is 2.35 bits per heavy atom. The molecule has 1 aliphatic rings.